The smallest absolute Gasteiger partial charge is 0.232 e. The molecule has 22 heavy (non-hydrogen) atoms. The van der Waals surface area contributed by atoms with E-state index in [0.29, 0.717) is 25.1 Å². The van der Waals surface area contributed by atoms with Crippen LogP contribution < -0.4 is 9.62 Å². The number of carbonyl (C=O) groups excluding carboxylic acids is 1. The van der Waals surface area contributed by atoms with Crippen molar-refractivity contribution >= 4 is 21.6 Å². The molecule has 1 amide bonds. The standard InChI is InChI=1S/C16H26N2O3S/c1-12(2)17-16(19)10-7-11-18(22(5,20)21)15-9-6-8-13(3)14(15)4/h6,8-9,12H,7,10-11H2,1-5H3,(H,17,19). The number of carbonyl (C=O) groups is 1. The van der Waals surface area contributed by atoms with Gasteiger partial charge in [0, 0.05) is 19.0 Å². The molecule has 1 rings (SSSR count). The average molecular weight is 326 g/mol. The van der Waals surface area contributed by atoms with Crippen LogP contribution in [0.3, 0.4) is 0 Å². The van der Waals surface area contributed by atoms with Gasteiger partial charge in [0.1, 0.15) is 0 Å². The number of nitrogens with one attached hydrogen (secondary N) is 1. The first-order chi connectivity index (χ1) is 10.1. The molecule has 0 unspecified atom stereocenters. The lowest BCUT2D eigenvalue weighted by molar-refractivity contribution is -0.121. The number of benzene rings is 1. The first-order valence-electron chi connectivity index (χ1n) is 7.46. The molecule has 0 radical (unpaired) electrons. The van der Waals surface area contributed by atoms with E-state index < -0.39 is 10.0 Å². The average Bonchev–Trinajstić information content (AvgIpc) is 2.36. The SMILES string of the molecule is Cc1cccc(N(CCCC(=O)NC(C)C)S(C)(=O)=O)c1C. The zero-order valence-electron chi connectivity index (χ0n) is 14.0. The van der Waals surface area contributed by atoms with E-state index >= 15 is 0 Å². The molecule has 0 saturated heterocycles. The molecule has 0 fully saturated rings. The highest BCUT2D eigenvalue weighted by molar-refractivity contribution is 7.92. The maximum absolute atomic E-state index is 12.1. The van der Waals surface area contributed by atoms with E-state index in [1.54, 1.807) is 6.07 Å². The number of anilines is 1. The lowest BCUT2D eigenvalue weighted by atomic mass is 10.1. The molecule has 0 aromatic heterocycles. The van der Waals surface area contributed by atoms with E-state index in [2.05, 4.69) is 5.32 Å². The molecule has 1 N–H and O–H groups in total. The summed E-state index contributed by atoms with van der Waals surface area (Å²) in [5.41, 5.74) is 2.68. The van der Waals surface area contributed by atoms with E-state index in [1.807, 2.05) is 39.8 Å². The summed E-state index contributed by atoms with van der Waals surface area (Å²) in [6.07, 6.45) is 2.00. The number of nitrogens with zero attached hydrogens (tertiary/aromatic N) is 1. The fourth-order valence-electron chi connectivity index (χ4n) is 2.25. The van der Waals surface area contributed by atoms with Crippen LogP contribution in [-0.2, 0) is 14.8 Å². The molecule has 0 spiro atoms. The summed E-state index contributed by atoms with van der Waals surface area (Å²) < 4.78 is 25.5. The van der Waals surface area contributed by atoms with Crippen molar-refractivity contribution in [1.29, 1.82) is 0 Å². The summed E-state index contributed by atoms with van der Waals surface area (Å²) in [5.74, 6) is -0.0515. The van der Waals surface area contributed by atoms with Crippen molar-refractivity contribution in [2.24, 2.45) is 0 Å². The Hall–Kier alpha value is -1.56. The molecular weight excluding hydrogens is 300 g/mol. The molecule has 0 atom stereocenters. The maximum atomic E-state index is 12.1. The van der Waals surface area contributed by atoms with Crippen LogP contribution in [0.25, 0.3) is 0 Å². The number of hydrogen-bond acceptors (Lipinski definition) is 3. The first kappa shape index (κ1) is 18.5. The number of amides is 1. The lowest BCUT2D eigenvalue weighted by Crippen LogP contribution is -2.34. The zero-order valence-corrected chi connectivity index (χ0v) is 14.8. The zero-order chi connectivity index (χ0) is 16.9. The van der Waals surface area contributed by atoms with Crippen LogP contribution in [0, 0.1) is 13.8 Å². The van der Waals surface area contributed by atoms with Gasteiger partial charge < -0.3 is 5.32 Å². The third-order valence-corrected chi connectivity index (χ3v) is 4.64. The number of rotatable bonds is 7. The first-order valence-corrected chi connectivity index (χ1v) is 9.31. The normalized spacial score (nSPS) is 11.5. The van der Waals surface area contributed by atoms with Crippen molar-refractivity contribution in [3.63, 3.8) is 0 Å². The van der Waals surface area contributed by atoms with Gasteiger partial charge >= 0.3 is 0 Å². The van der Waals surface area contributed by atoms with Crippen LogP contribution in [0.4, 0.5) is 5.69 Å². The second-order valence-electron chi connectivity index (χ2n) is 5.88. The van der Waals surface area contributed by atoms with Crippen molar-refractivity contribution in [3.05, 3.63) is 29.3 Å². The largest absolute Gasteiger partial charge is 0.354 e. The maximum Gasteiger partial charge on any atom is 0.232 e. The van der Waals surface area contributed by atoms with Crippen LogP contribution in [0.5, 0.6) is 0 Å². The predicted octanol–water partition coefficient (Wildman–Crippen LogP) is 2.37. The van der Waals surface area contributed by atoms with Gasteiger partial charge in [-0.15, -0.1) is 0 Å². The highest BCUT2D eigenvalue weighted by Crippen LogP contribution is 2.25. The Morgan fingerprint density at radius 2 is 1.91 bits per heavy atom. The Bertz CT molecular complexity index is 624. The minimum absolute atomic E-state index is 0.0515. The number of sulfonamides is 1. The van der Waals surface area contributed by atoms with Crippen LogP contribution in [0.1, 0.15) is 37.8 Å². The van der Waals surface area contributed by atoms with Gasteiger partial charge in [-0.2, -0.15) is 0 Å². The number of aryl methyl sites for hydroxylation is 1. The molecule has 0 aliphatic rings. The van der Waals surface area contributed by atoms with E-state index in [4.69, 9.17) is 0 Å². The molecule has 0 aliphatic carbocycles. The van der Waals surface area contributed by atoms with Gasteiger partial charge in [-0.1, -0.05) is 12.1 Å². The van der Waals surface area contributed by atoms with Crippen molar-refractivity contribution in [3.8, 4) is 0 Å². The third-order valence-electron chi connectivity index (χ3n) is 3.46. The fourth-order valence-corrected chi connectivity index (χ4v) is 3.26. The Labute approximate surface area is 133 Å². The second kappa shape index (κ2) is 7.63. The van der Waals surface area contributed by atoms with Gasteiger partial charge in [0.15, 0.2) is 0 Å². The molecule has 124 valence electrons. The Kier molecular flexibility index (Phi) is 6.41. The topological polar surface area (TPSA) is 66.5 Å². The minimum Gasteiger partial charge on any atom is -0.354 e. The predicted molar refractivity (Wildman–Crippen MR) is 90.6 cm³/mol. The van der Waals surface area contributed by atoms with E-state index in [-0.39, 0.29) is 11.9 Å². The summed E-state index contributed by atoms with van der Waals surface area (Å²) in [6, 6.07) is 5.70. The molecule has 0 bridgehead atoms. The molecule has 0 aliphatic heterocycles. The fraction of sp³-hybridized carbons (Fsp3) is 0.562. The number of hydrogen-bond donors (Lipinski definition) is 1. The lowest BCUT2D eigenvalue weighted by Gasteiger charge is -2.25. The van der Waals surface area contributed by atoms with Crippen LogP contribution in [0.15, 0.2) is 18.2 Å². The highest BCUT2D eigenvalue weighted by atomic mass is 32.2. The van der Waals surface area contributed by atoms with Gasteiger partial charge in [0.2, 0.25) is 15.9 Å². The molecule has 1 aromatic rings. The van der Waals surface area contributed by atoms with Crippen molar-refractivity contribution in [1.82, 2.24) is 5.32 Å². The quantitative estimate of drug-likeness (QED) is 0.836. The third kappa shape index (κ3) is 5.33. The highest BCUT2D eigenvalue weighted by Gasteiger charge is 2.19. The Morgan fingerprint density at radius 3 is 2.45 bits per heavy atom. The Balaban J connectivity index is 2.84. The Morgan fingerprint density at radius 1 is 1.27 bits per heavy atom. The minimum atomic E-state index is -3.38. The van der Waals surface area contributed by atoms with Crippen LogP contribution in [-0.4, -0.2) is 33.2 Å². The van der Waals surface area contributed by atoms with Crippen LogP contribution >= 0.6 is 0 Å². The van der Waals surface area contributed by atoms with E-state index in [0.717, 1.165) is 11.1 Å². The molecule has 5 nitrogen and oxygen atoms in total. The van der Waals surface area contributed by atoms with Gasteiger partial charge in [0.05, 0.1) is 11.9 Å². The van der Waals surface area contributed by atoms with Crippen molar-refractivity contribution in [2.45, 2.75) is 46.6 Å². The summed E-state index contributed by atoms with van der Waals surface area (Å²) in [7, 11) is -3.38. The van der Waals surface area contributed by atoms with Gasteiger partial charge in [0.25, 0.3) is 0 Å². The molecule has 6 heteroatoms. The summed E-state index contributed by atoms with van der Waals surface area (Å²) in [6.45, 7) is 7.96. The summed E-state index contributed by atoms with van der Waals surface area (Å²) in [4.78, 5) is 11.7. The molecular formula is C16H26N2O3S. The van der Waals surface area contributed by atoms with Crippen molar-refractivity contribution < 1.29 is 13.2 Å². The van der Waals surface area contributed by atoms with Crippen LogP contribution in [0.2, 0.25) is 0 Å². The summed E-state index contributed by atoms with van der Waals surface area (Å²) in [5, 5.41) is 2.81. The van der Waals surface area contributed by atoms with Gasteiger partial charge in [-0.25, -0.2) is 8.42 Å². The second-order valence-corrected chi connectivity index (χ2v) is 7.79. The van der Waals surface area contributed by atoms with Crippen molar-refractivity contribution in [2.75, 3.05) is 17.1 Å². The van der Waals surface area contributed by atoms with Gasteiger partial charge in [-0.3, -0.25) is 9.10 Å². The molecule has 1 aromatic carbocycles. The van der Waals surface area contributed by atoms with E-state index in [9.17, 15) is 13.2 Å². The van der Waals surface area contributed by atoms with E-state index in [1.165, 1.54) is 10.6 Å². The monoisotopic (exact) mass is 326 g/mol. The molecule has 0 saturated carbocycles. The van der Waals surface area contributed by atoms with Gasteiger partial charge in [-0.05, 0) is 51.3 Å². The summed E-state index contributed by atoms with van der Waals surface area (Å²) >= 11 is 0. The molecule has 0 heterocycles.